The normalized spacial score (nSPS) is 25.4. The number of sulfone groups is 1. The molecule has 7 nitrogen and oxygen atoms in total. The molecule has 1 amide bonds. The highest BCUT2D eigenvalue weighted by atomic mass is 32.2. The first-order valence-electron chi connectivity index (χ1n) is 10.2. The standard InChI is InChI=1S/C20H30N2O5S2/c1-20(12-15-28(24,25)16-20)21-19(23)11-8-17-6-9-18(10-7-17)29(26,27)22-13-4-2-3-5-14-22/h6-7,9-10H,2-5,8,11-16H2,1H3,(H,21,23). The Bertz CT molecular complexity index is 934. The van der Waals surface area contributed by atoms with Crippen molar-refractivity contribution in [1.82, 2.24) is 9.62 Å². The number of nitrogens with one attached hydrogen (secondary N) is 1. The van der Waals surface area contributed by atoms with Gasteiger partial charge in [-0.3, -0.25) is 4.79 Å². The Labute approximate surface area is 173 Å². The zero-order valence-corrected chi connectivity index (χ0v) is 18.5. The summed E-state index contributed by atoms with van der Waals surface area (Å²) in [5, 5.41) is 2.85. The van der Waals surface area contributed by atoms with Gasteiger partial charge < -0.3 is 5.32 Å². The van der Waals surface area contributed by atoms with Gasteiger partial charge in [-0.05, 0) is 50.3 Å². The van der Waals surface area contributed by atoms with Crippen LogP contribution in [0.5, 0.6) is 0 Å². The number of hydrogen-bond acceptors (Lipinski definition) is 5. The highest BCUT2D eigenvalue weighted by Gasteiger charge is 2.39. The summed E-state index contributed by atoms with van der Waals surface area (Å²) in [6.07, 6.45) is 5.06. The van der Waals surface area contributed by atoms with Crippen molar-refractivity contribution < 1.29 is 21.6 Å². The van der Waals surface area contributed by atoms with Crippen molar-refractivity contribution in [1.29, 1.82) is 0 Å². The minimum atomic E-state index is -3.47. The number of aryl methyl sites for hydroxylation is 1. The van der Waals surface area contributed by atoms with Gasteiger partial charge >= 0.3 is 0 Å². The van der Waals surface area contributed by atoms with Crippen LogP contribution in [-0.4, -0.2) is 57.2 Å². The molecule has 2 aliphatic rings. The molecular formula is C20H30N2O5S2. The maximum Gasteiger partial charge on any atom is 0.243 e. The van der Waals surface area contributed by atoms with E-state index in [1.807, 2.05) is 0 Å². The molecule has 3 rings (SSSR count). The van der Waals surface area contributed by atoms with Gasteiger partial charge in [-0.25, -0.2) is 16.8 Å². The number of amides is 1. The van der Waals surface area contributed by atoms with Gasteiger partial charge in [0.1, 0.15) is 0 Å². The SMILES string of the molecule is CC1(NC(=O)CCc2ccc(S(=O)(=O)N3CCCCCC3)cc2)CCS(=O)(=O)C1. The van der Waals surface area contributed by atoms with E-state index in [1.165, 1.54) is 0 Å². The average molecular weight is 443 g/mol. The molecular weight excluding hydrogens is 412 g/mol. The summed E-state index contributed by atoms with van der Waals surface area (Å²) < 4.78 is 50.5. The van der Waals surface area contributed by atoms with E-state index in [9.17, 15) is 21.6 Å². The fourth-order valence-corrected chi connectivity index (χ4v) is 7.64. The lowest BCUT2D eigenvalue weighted by molar-refractivity contribution is -0.122. The predicted molar refractivity (Wildman–Crippen MR) is 112 cm³/mol. The van der Waals surface area contributed by atoms with E-state index in [1.54, 1.807) is 35.5 Å². The van der Waals surface area contributed by atoms with Gasteiger partial charge in [0.25, 0.3) is 0 Å². The molecule has 2 aliphatic heterocycles. The minimum absolute atomic E-state index is 0.0191. The molecule has 0 aliphatic carbocycles. The lowest BCUT2D eigenvalue weighted by Crippen LogP contribution is -2.47. The summed E-state index contributed by atoms with van der Waals surface area (Å²) in [4.78, 5) is 12.5. The van der Waals surface area contributed by atoms with E-state index in [0.29, 0.717) is 25.9 Å². The third-order valence-electron chi connectivity index (χ3n) is 5.71. The summed E-state index contributed by atoms with van der Waals surface area (Å²) in [6.45, 7) is 2.90. The molecule has 0 aromatic heterocycles. The van der Waals surface area contributed by atoms with Gasteiger partial charge in [0.2, 0.25) is 15.9 Å². The van der Waals surface area contributed by atoms with Crippen molar-refractivity contribution in [3.63, 3.8) is 0 Å². The van der Waals surface area contributed by atoms with E-state index >= 15 is 0 Å². The molecule has 1 N–H and O–H groups in total. The second-order valence-corrected chi connectivity index (χ2v) is 12.5. The van der Waals surface area contributed by atoms with Crippen LogP contribution >= 0.6 is 0 Å². The summed E-state index contributed by atoms with van der Waals surface area (Å²) in [7, 11) is -6.54. The summed E-state index contributed by atoms with van der Waals surface area (Å²) in [5.74, 6) is -0.100. The number of sulfonamides is 1. The quantitative estimate of drug-likeness (QED) is 0.725. The smallest absolute Gasteiger partial charge is 0.243 e. The van der Waals surface area contributed by atoms with E-state index < -0.39 is 25.4 Å². The molecule has 1 aromatic carbocycles. The number of carbonyl (C=O) groups excluding carboxylic acids is 1. The maximum absolute atomic E-state index is 12.8. The van der Waals surface area contributed by atoms with Crippen LogP contribution in [0.1, 0.15) is 51.0 Å². The van der Waals surface area contributed by atoms with Crippen LogP contribution in [-0.2, 0) is 31.1 Å². The monoisotopic (exact) mass is 442 g/mol. The second kappa shape index (κ2) is 8.73. The molecule has 1 aromatic rings. The lowest BCUT2D eigenvalue weighted by atomic mass is 10.0. The Balaban J connectivity index is 1.56. The molecule has 1 unspecified atom stereocenters. The molecule has 0 saturated carbocycles. The van der Waals surface area contributed by atoms with Crippen LogP contribution in [0.15, 0.2) is 29.2 Å². The Hall–Kier alpha value is -1.45. The molecule has 2 saturated heterocycles. The molecule has 1 atom stereocenters. The first kappa shape index (κ1) is 22.2. The van der Waals surface area contributed by atoms with Crippen molar-refractivity contribution in [3.05, 3.63) is 29.8 Å². The van der Waals surface area contributed by atoms with Crippen molar-refractivity contribution in [2.75, 3.05) is 24.6 Å². The van der Waals surface area contributed by atoms with Crippen molar-refractivity contribution in [2.24, 2.45) is 0 Å². The second-order valence-electron chi connectivity index (χ2n) is 8.41. The van der Waals surface area contributed by atoms with Gasteiger partial charge in [-0.2, -0.15) is 4.31 Å². The highest BCUT2D eigenvalue weighted by Crippen LogP contribution is 2.23. The third kappa shape index (κ3) is 5.79. The predicted octanol–water partition coefficient (Wildman–Crippen LogP) is 1.88. The van der Waals surface area contributed by atoms with E-state index in [4.69, 9.17) is 0 Å². The largest absolute Gasteiger partial charge is 0.350 e. The van der Waals surface area contributed by atoms with Gasteiger partial charge in [0.05, 0.1) is 21.9 Å². The van der Waals surface area contributed by atoms with Crippen LogP contribution in [0.25, 0.3) is 0 Å². The molecule has 0 radical (unpaired) electrons. The van der Waals surface area contributed by atoms with Crippen LogP contribution in [0.4, 0.5) is 0 Å². The van der Waals surface area contributed by atoms with Crippen molar-refractivity contribution in [3.8, 4) is 0 Å². The van der Waals surface area contributed by atoms with E-state index in [2.05, 4.69) is 5.32 Å². The highest BCUT2D eigenvalue weighted by molar-refractivity contribution is 7.91. The minimum Gasteiger partial charge on any atom is -0.350 e. The van der Waals surface area contributed by atoms with Gasteiger partial charge in [-0.1, -0.05) is 25.0 Å². The van der Waals surface area contributed by atoms with Gasteiger partial charge in [0, 0.05) is 19.5 Å². The van der Waals surface area contributed by atoms with Crippen LogP contribution < -0.4 is 5.32 Å². The first-order valence-corrected chi connectivity index (χ1v) is 13.5. The van der Waals surface area contributed by atoms with Gasteiger partial charge in [-0.15, -0.1) is 0 Å². The fraction of sp³-hybridized carbons (Fsp3) is 0.650. The molecule has 162 valence electrons. The van der Waals surface area contributed by atoms with Crippen LogP contribution in [0.3, 0.4) is 0 Å². The Morgan fingerprint density at radius 3 is 2.28 bits per heavy atom. The third-order valence-corrected chi connectivity index (χ3v) is 9.53. The topological polar surface area (TPSA) is 101 Å². The van der Waals surface area contributed by atoms with Gasteiger partial charge in [0.15, 0.2) is 9.84 Å². The first-order chi connectivity index (χ1) is 13.6. The fourth-order valence-electron chi connectivity index (χ4n) is 4.03. The molecule has 0 spiro atoms. The zero-order chi connectivity index (χ0) is 21.1. The van der Waals surface area contributed by atoms with E-state index in [0.717, 1.165) is 31.2 Å². The lowest BCUT2D eigenvalue weighted by Gasteiger charge is -2.23. The number of benzene rings is 1. The molecule has 29 heavy (non-hydrogen) atoms. The maximum atomic E-state index is 12.8. The Kier molecular flexibility index (Phi) is 6.70. The summed E-state index contributed by atoms with van der Waals surface area (Å²) in [5.41, 5.74) is 0.181. The summed E-state index contributed by atoms with van der Waals surface area (Å²) >= 11 is 0. The Morgan fingerprint density at radius 2 is 1.72 bits per heavy atom. The van der Waals surface area contributed by atoms with Crippen molar-refractivity contribution >= 4 is 25.8 Å². The summed E-state index contributed by atoms with van der Waals surface area (Å²) in [6, 6.07) is 6.72. The average Bonchev–Trinajstić information content (AvgIpc) is 2.84. The zero-order valence-electron chi connectivity index (χ0n) is 16.9. The number of carbonyl (C=O) groups is 1. The molecule has 9 heteroatoms. The number of rotatable bonds is 6. The Morgan fingerprint density at radius 1 is 1.10 bits per heavy atom. The molecule has 2 heterocycles. The van der Waals surface area contributed by atoms with E-state index in [-0.39, 0.29) is 28.7 Å². The molecule has 2 fully saturated rings. The number of nitrogens with zero attached hydrogens (tertiary/aromatic N) is 1. The number of hydrogen-bond donors (Lipinski definition) is 1. The van der Waals surface area contributed by atoms with Crippen molar-refractivity contribution in [2.45, 2.75) is 62.3 Å². The molecule has 0 bridgehead atoms. The van der Waals surface area contributed by atoms with Crippen LogP contribution in [0.2, 0.25) is 0 Å². The van der Waals surface area contributed by atoms with Crippen LogP contribution in [0, 0.1) is 0 Å².